The van der Waals surface area contributed by atoms with Crippen molar-refractivity contribution in [3.8, 4) is 0 Å². The van der Waals surface area contributed by atoms with Crippen LogP contribution in [0.1, 0.15) is 34.1 Å². The van der Waals surface area contributed by atoms with Crippen LogP contribution >= 0.6 is 0 Å². The van der Waals surface area contributed by atoms with Crippen molar-refractivity contribution in [3.63, 3.8) is 0 Å². The van der Waals surface area contributed by atoms with Gasteiger partial charge >= 0.3 is 5.97 Å². The zero-order chi connectivity index (χ0) is 26.7. The van der Waals surface area contributed by atoms with Crippen LogP contribution in [0.2, 0.25) is 0 Å². The van der Waals surface area contributed by atoms with Gasteiger partial charge in [-0.3, -0.25) is 19.2 Å². The number of amides is 3. The highest BCUT2D eigenvalue weighted by atomic mass is 16.4. The first kappa shape index (κ1) is 25.6. The van der Waals surface area contributed by atoms with E-state index in [4.69, 9.17) is 5.11 Å². The van der Waals surface area contributed by atoms with Crippen LogP contribution < -0.4 is 5.32 Å². The Morgan fingerprint density at radius 3 is 2.46 bits per heavy atom. The first-order valence-electron chi connectivity index (χ1n) is 11.7. The summed E-state index contributed by atoms with van der Waals surface area (Å²) in [6, 6.07) is 13.2. The number of anilines is 1. The number of carboxylic acids is 1. The normalized spacial score (nSPS) is 16.3. The molecule has 1 unspecified atom stereocenters. The van der Waals surface area contributed by atoms with E-state index in [-0.39, 0.29) is 29.7 Å². The molecule has 4 N–H and O–H groups in total. The molecule has 3 amide bonds. The van der Waals surface area contributed by atoms with Gasteiger partial charge in [-0.1, -0.05) is 30.3 Å². The predicted octanol–water partition coefficient (Wildman–Crippen LogP) is 1.50. The summed E-state index contributed by atoms with van der Waals surface area (Å²) in [6.07, 6.45) is -1.11. The van der Waals surface area contributed by atoms with Crippen LogP contribution in [-0.2, 0) is 14.4 Å². The molecule has 1 aliphatic heterocycles. The number of Topliss-reactive ketones (excluding diaryl/α,β-unsaturated/α-hetero) is 1. The summed E-state index contributed by atoms with van der Waals surface area (Å²) in [5, 5.41) is 21.1. The van der Waals surface area contributed by atoms with Gasteiger partial charge in [-0.2, -0.15) is 0 Å². The number of piperazine rings is 1. The number of benzene rings is 2. The van der Waals surface area contributed by atoms with E-state index in [1.165, 1.54) is 11.1 Å². The third kappa shape index (κ3) is 5.36. The van der Waals surface area contributed by atoms with E-state index in [2.05, 4.69) is 10.3 Å². The molecule has 3 aromatic rings. The number of carbonyl (C=O) groups excluding carboxylic acids is 4. The Kier molecular flexibility index (Phi) is 7.35. The summed E-state index contributed by atoms with van der Waals surface area (Å²) >= 11 is 0. The number of para-hydroxylation sites is 1. The van der Waals surface area contributed by atoms with E-state index >= 15 is 0 Å². The van der Waals surface area contributed by atoms with Crippen molar-refractivity contribution in [3.05, 3.63) is 65.9 Å². The third-order valence-electron chi connectivity index (χ3n) is 6.29. The Bertz CT molecular complexity index is 1370. The number of aromatic nitrogens is 1. The van der Waals surface area contributed by atoms with Crippen LogP contribution in [0.5, 0.6) is 0 Å². The van der Waals surface area contributed by atoms with Gasteiger partial charge in [0.15, 0.2) is 6.10 Å². The van der Waals surface area contributed by atoms with Crippen molar-refractivity contribution < 1.29 is 34.2 Å². The number of carboxylic acid groups (broad SMARTS) is 1. The summed E-state index contributed by atoms with van der Waals surface area (Å²) in [6.45, 7) is 2.58. The molecule has 0 saturated carbocycles. The number of hydrogen-bond donors (Lipinski definition) is 4. The van der Waals surface area contributed by atoms with Crippen molar-refractivity contribution in [2.24, 2.45) is 0 Å². The standard InChI is InChI=1S/C26H26N4O7/c1-15-14-29(24(34)16-6-3-2-4-7-16)10-11-30(15)25(35)23(33)18-13-27-22-17(18)8-5-9-19(22)28-21(32)12-20(31)26(36)37/h2-9,13,15,20,27,31H,10-12,14H2,1H3,(H,28,32)(H,36,37)/t15-,20?/m1/s1. The smallest absolute Gasteiger partial charge is 0.333 e. The molecule has 0 spiro atoms. The maximum Gasteiger partial charge on any atom is 0.333 e. The number of hydrogen-bond acceptors (Lipinski definition) is 6. The number of fused-ring (bicyclic) bond motifs is 1. The Morgan fingerprint density at radius 2 is 1.78 bits per heavy atom. The second-order valence-electron chi connectivity index (χ2n) is 8.83. The molecule has 2 aromatic carbocycles. The number of aliphatic hydroxyl groups is 1. The van der Waals surface area contributed by atoms with Gasteiger partial charge in [0.2, 0.25) is 5.91 Å². The average molecular weight is 507 g/mol. The van der Waals surface area contributed by atoms with Gasteiger partial charge in [-0.15, -0.1) is 0 Å². The SMILES string of the molecule is C[C@@H]1CN(C(=O)c2ccccc2)CCN1C(=O)C(=O)c1c[nH]c2c(NC(=O)CC(O)C(=O)O)cccc12. The van der Waals surface area contributed by atoms with Gasteiger partial charge in [0, 0.05) is 42.8 Å². The molecule has 37 heavy (non-hydrogen) atoms. The molecule has 0 aliphatic carbocycles. The highest BCUT2D eigenvalue weighted by molar-refractivity contribution is 6.45. The Balaban J connectivity index is 1.46. The Labute approximate surface area is 211 Å². The van der Waals surface area contributed by atoms with Crippen LogP contribution in [-0.4, -0.2) is 86.3 Å². The predicted molar refractivity (Wildman–Crippen MR) is 133 cm³/mol. The minimum absolute atomic E-state index is 0.122. The number of H-pyrrole nitrogens is 1. The summed E-state index contributed by atoms with van der Waals surface area (Å²) in [5.74, 6) is -3.80. The fraction of sp³-hybridized carbons (Fsp3) is 0.269. The molecule has 2 heterocycles. The van der Waals surface area contributed by atoms with E-state index in [1.54, 1.807) is 54.3 Å². The Hall–Kier alpha value is -4.51. The fourth-order valence-corrected chi connectivity index (χ4v) is 4.36. The third-order valence-corrected chi connectivity index (χ3v) is 6.29. The molecule has 11 heteroatoms. The molecule has 2 atom stereocenters. The molecule has 11 nitrogen and oxygen atoms in total. The first-order valence-corrected chi connectivity index (χ1v) is 11.7. The highest BCUT2D eigenvalue weighted by Gasteiger charge is 2.34. The molecular formula is C26H26N4O7. The molecule has 192 valence electrons. The highest BCUT2D eigenvalue weighted by Crippen LogP contribution is 2.27. The second kappa shape index (κ2) is 10.6. The summed E-state index contributed by atoms with van der Waals surface area (Å²) < 4.78 is 0. The summed E-state index contributed by atoms with van der Waals surface area (Å²) in [5.41, 5.74) is 1.33. The average Bonchev–Trinajstić information content (AvgIpc) is 3.33. The van der Waals surface area contributed by atoms with Gasteiger partial charge in [0.1, 0.15) is 0 Å². The van der Waals surface area contributed by atoms with Crippen LogP contribution in [0.25, 0.3) is 10.9 Å². The number of ketones is 1. The van der Waals surface area contributed by atoms with E-state index in [0.29, 0.717) is 29.6 Å². The zero-order valence-corrected chi connectivity index (χ0v) is 20.0. The number of aromatic amines is 1. The molecule has 0 radical (unpaired) electrons. The van der Waals surface area contributed by atoms with Crippen LogP contribution in [0.15, 0.2) is 54.7 Å². The van der Waals surface area contributed by atoms with E-state index in [9.17, 15) is 29.1 Å². The Morgan fingerprint density at radius 1 is 1.05 bits per heavy atom. The lowest BCUT2D eigenvalue weighted by molar-refractivity contribution is -0.148. The molecule has 4 rings (SSSR count). The second-order valence-corrected chi connectivity index (χ2v) is 8.83. The van der Waals surface area contributed by atoms with E-state index in [1.807, 2.05) is 6.07 Å². The molecule has 1 saturated heterocycles. The van der Waals surface area contributed by atoms with Crippen LogP contribution in [0, 0.1) is 0 Å². The summed E-state index contributed by atoms with van der Waals surface area (Å²) in [4.78, 5) is 68.0. The topological polar surface area (TPSA) is 160 Å². The van der Waals surface area contributed by atoms with Crippen molar-refractivity contribution in [2.75, 3.05) is 25.0 Å². The van der Waals surface area contributed by atoms with E-state index < -0.39 is 36.1 Å². The quantitative estimate of drug-likeness (QED) is 0.279. The number of rotatable bonds is 7. The number of aliphatic carboxylic acids is 1. The van der Waals surface area contributed by atoms with Crippen molar-refractivity contribution in [2.45, 2.75) is 25.5 Å². The molecule has 0 bridgehead atoms. The lowest BCUT2D eigenvalue weighted by Crippen LogP contribution is -2.56. The minimum atomic E-state index is -1.84. The molecule has 1 aromatic heterocycles. The monoisotopic (exact) mass is 506 g/mol. The molecule has 1 fully saturated rings. The van der Waals surface area contributed by atoms with E-state index in [0.717, 1.165) is 0 Å². The van der Waals surface area contributed by atoms with Gasteiger partial charge < -0.3 is 30.3 Å². The largest absolute Gasteiger partial charge is 0.479 e. The van der Waals surface area contributed by atoms with Crippen molar-refractivity contribution in [1.29, 1.82) is 0 Å². The maximum absolute atomic E-state index is 13.2. The van der Waals surface area contributed by atoms with Gasteiger partial charge in [0.05, 0.1) is 23.2 Å². The molecular weight excluding hydrogens is 480 g/mol. The van der Waals surface area contributed by atoms with Crippen LogP contribution in [0.3, 0.4) is 0 Å². The van der Waals surface area contributed by atoms with Crippen molar-refractivity contribution >= 4 is 46.1 Å². The summed E-state index contributed by atoms with van der Waals surface area (Å²) in [7, 11) is 0. The van der Waals surface area contributed by atoms with Gasteiger partial charge in [-0.05, 0) is 25.1 Å². The zero-order valence-electron chi connectivity index (χ0n) is 20.0. The van der Waals surface area contributed by atoms with Gasteiger partial charge in [-0.25, -0.2) is 4.79 Å². The number of aliphatic hydroxyl groups excluding tert-OH is 1. The fourth-order valence-electron chi connectivity index (χ4n) is 4.36. The maximum atomic E-state index is 13.2. The lowest BCUT2D eigenvalue weighted by Gasteiger charge is -2.39. The minimum Gasteiger partial charge on any atom is -0.479 e. The molecule has 1 aliphatic rings. The number of nitrogens with one attached hydrogen (secondary N) is 2. The van der Waals surface area contributed by atoms with Crippen LogP contribution in [0.4, 0.5) is 5.69 Å². The first-order chi connectivity index (χ1) is 17.7. The van der Waals surface area contributed by atoms with Crippen molar-refractivity contribution in [1.82, 2.24) is 14.8 Å². The van der Waals surface area contributed by atoms with Gasteiger partial charge in [0.25, 0.3) is 17.6 Å². The number of nitrogens with zero attached hydrogens (tertiary/aromatic N) is 2. The lowest BCUT2D eigenvalue weighted by atomic mass is 10.1. The number of carbonyl (C=O) groups is 5.